The predicted octanol–water partition coefficient (Wildman–Crippen LogP) is 1.52. The maximum Gasteiger partial charge on any atom is 0.133 e. The lowest BCUT2D eigenvalue weighted by atomic mass is 9.95. The predicted molar refractivity (Wildman–Crippen MR) is 58.6 cm³/mol. The summed E-state index contributed by atoms with van der Waals surface area (Å²) < 4.78 is 0. The summed E-state index contributed by atoms with van der Waals surface area (Å²) in [5.74, 6) is 0.0108. The minimum atomic E-state index is -0.107. The molecule has 0 aromatic carbocycles. The second kappa shape index (κ2) is 5.61. The summed E-state index contributed by atoms with van der Waals surface area (Å²) >= 11 is 0. The van der Waals surface area contributed by atoms with Gasteiger partial charge in [0.1, 0.15) is 5.78 Å². The number of rotatable bonds is 5. The Kier molecular flexibility index (Phi) is 4.43. The first-order valence-corrected chi connectivity index (χ1v) is 5.17. The van der Waals surface area contributed by atoms with E-state index in [1.807, 2.05) is 25.1 Å². The molecule has 0 saturated carbocycles. The van der Waals surface area contributed by atoms with Gasteiger partial charge in [-0.05, 0) is 38.8 Å². The van der Waals surface area contributed by atoms with Crippen LogP contribution in [0.3, 0.4) is 0 Å². The monoisotopic (exact) mass is 207 g/mol. The molecular formula is C12H17NO2. The quantitative estimate of drug-likeness (QED) is 0.796. The first-order valence-electron chi connectivity index (χ1n) is 5.17. The van der Waals surface area contributed by atoms with Crippen LogP contribution >= 0.6 is 0 Å². The average molecular weight is 207 g/mol. The smallest absolute Gasteiger partial charge is 0.133 e. The largest absolute Gasteiger partial charge is 0.396 e. The molecule has 0 aliphatic carbocycles. The molecule has 1 unspecified atom stereocenters. The van der Waals surface area contributed by atoms with Gasteiger partial charge in [0, 0.05) is 23.9 Å². The van der Waals surface area contributed by atoms with Crippen molar-refractivity contribution in [3.05, 3.63) is 29.6 Å². The van der Waals surface area contributed by atoms with Crippen LogP contribution in [0.25, 0.3) is 0 Å². The molecule has 1 atom stereocenters. The van der Waals surface area contributed by atoms with Gasteiger partial charge in [0.15, 0.2) is 0 Å². The van der Waals surface area contributed by atoms with Gasteiger partial charge in [-0.15, -0.1) is 0 Å². The zero-order chi connectivity index (χ0) is 11.3. The minimum absolute atomic E-state index is 0.0516. The van der Waals surface area contributed by atoms with Crippen molar-refractivity contribution in [3.8, 4) is 0 Å². The molecule has 0 aliphatic heterocycles. The van der Waals surface area contributed by atoms with Gasteiger partial charge in [-0.2, -0.15) is 0 Å². The summed E-state index contributed by atoms with van der Waals surface area (Å²) in [6.07, 6.45) is 1.14. The Morgan fingerprint density at radius 3 is 2.80 bits per heavy atom. The third-order valence-electron chi connectivity index (χ3n) is 2.45. The fourth-order valence-corrected chi connectivity index (χ4v) is 1.57. The van der Waals surface area contributed by atoms with E-state index in [0.717, 1.165) is 11.4 Å². The summed E-state index contributed by atoms with van der Waals surface area (Å²) in [4.78, 5) is 15.6. The Morgan fingerprint density at radius 2 is 2.27 bits per heavy atom. The van der Waals surface area contributed by atoms with Crippen LogP contribution < -0.4 is 0 Å². The Balaban J connectivity index is 2.69. The number of aryl methyl sites for hydroxylation is 1. The van der Waals surface area contributed by atoms with Gasteiger partial charge in [-0.25, -0.2) is 0 Å². The molecule has 0 saturated heterocycles. The number of ketones is 1. The zero-order valence-electron chi connectivity index (χ0n) is 9.23. The molecule has 0 radical (unpaired) electrons. The van der Waals surface area contributed by atoms with Crippen LogP contribution in [0.5, 0.6) is 0 Å². The van der Waals surface area contributed by atoms with E-state index in [4.69, 9.17) is 5.11 Å². The number of hydrogen-bond acceptors (Lipinski definition) is 3. The first kappa shape index (κ1) is 11.9. The number of aromatic nitrogens is 1. The van der Waals surface area contributed by atoms with Gasteiger partial charge < -0.3 is 5.11 Å². The van der Waals surface area contributed by atoms with Gasteiger partial charge in [0.2, 0.25) is 0 Å². The maximum atomic E-state index is 11.3. The van der Waals surface area contributed by atoms with E-state index < -0.39 is 0 Å². The molecule has 1 aromatic rings. The minimum Gasteiger partial charge on any atom is -0.396 e. The van der Waals surface area contributed by atoms with E-state index in [9.17, 15) is 4.79 Å². The Hall–Kier alpha value is -1.22. The molecule has 1 rings (SSSR count). The number of pyridine rings is 1. The molecule has 1 N–H and O–H groups in total. The number of carbonyl (C=O) groups is 1. The van der Waals surface area contributed by atoms with Gasteiger partial charge in [-0.3, -0.25) is 9.78 Å². The maximum absolute atomic E-state index is 11.3. The first-order chi connectivity index (χ1) is 7.13. The van der Waals surface area contributed by atoms with Crippen molar-refractivity contribution in [3.63, 3.8) is 0 Å². The Labute approximate surface area is 90.2 Å². The lowest BCUT2D eigenvalue weighted by Crippen LogP contribution is -2.16. The normalized spacial score (nSPS) is 12.5. The molecule has 0 spiro atoms. The average Bonchev–Trinajstić information content (AvgIpc) is 2.17. The SMILES string of the molecule is CC(=O)C(CCO)Cc1cccc(C)n1. The summed E-state index contributed by atoms with van der Waals surface area (Å²) in [6.45, 7) is 3.55. The number of nitrogens with zero attached hydrogens (tertiary/aromatic N) is 1. The number of Topliss-reactive ketones (excluding diaryl/α,β-unsaturated/α-hetero) is 1. The summed E-state index contributed by atoms with van der Waals surface area (Å²) in [6, 6.07) is 5.78. The summed E-state index contributed by atoms with van der Waals surface area (Å²) in [7, 11) is 0. The Morgan fingerprint density at radius 1 is 1.53 bits per heavy atom. The van der Waals surface area contributed by atoms with Crippen molar-refractivity contribution in [1.82, 2.24) is 4.98 Å². The van der Waals surface area contributed by atoms with Crippen molar-refractivity contribution >= 4 is 5.78 Å². The van der Waals surface area contributed by atoms with E-state index >= 15 is 0 Å². The lowest BCUT2D eigenvalue weighted by Gasteiger charge is -2.11. The third-order valence-corrected chi connectivity index (χ3v) is 2.45. The fourth-order valence-electron chi connectivity index (χ4n) is 1.57. The molecule has 1 heterocycles. The lowest BCUT2D eigenvalue weighted by molar-refractivity contribution is -0.121. The van der Waals surface area contributed by atoms with E-state index in [-0.39, 0.29) is 18.3 Å². The number of hydrogen-bond donors (Lipinski definition) is 1. The van der Waals surface area contributed by atoms with Crippen LogP contribution in [0.2, 0.25) is 0 Å². The molecule has 15 heavy (non-hydrogen) atoms. The standard InChI is InChI=1S/C12H17NO2/c1-9-4-3-5-12(13-9)8-11(6-7-14)10(2)15/h3-5,11,14H,6-8H2,1-2H3. The molecule has 3 heteroatoms. The van der Waals surface area contributed by atoms with Crippen molar-refractivity contribution in [1.29, 1.82) is 0 Å². The number of carbonyl (C=O) groups excluding carboxylic acids is 1. The highest BCUT2D eigenvalue weighted by Gasteiger charge is 2.14. The van der Waals surface area contributed by atoms with Crippen molar-refractivity contribution in [2.75, 3.05) is 6.61 Å². The second-order valence-electron chi connectivity index (χ2n) is 3.79. The van der Waals surface area contributed by atoms with E-state index in [1.165, 1.54) is 0 Å². The summed E-state index contributed by atoms with van der Waals surface area (Å²) in [5.41, 5.74) is 1.88. The molecule has 0 fully saturated rings. The highest BCUT2D eigenvalue weighted by Crippen LogP contribution is 2.12. The van der Waals surface area contributed by atoms with E-state index in [1.54, 1.807) is 6.92 Å². The zero-order valence-corrected chi connectivity index (χ0v) is 9.23. The van der Waals surface area contributed by atoms with Gasteiger partial charge in [-0.1, -0.05) is 6.07 Å². The highest BCUT2D eigenvalue weighted by atomic mass is 16.3. The molecule has 0 aliphatic rings. The van der Waals surface area contributed by atoms with Gasteiger partial charge in [0.05, 0.1) is 0 Å². The van der Waals surface area contributed by atoms with Crippen molar-refractivity contribution in [2.24, 2.45) is 5.92 Å². The van der Waals surface area contributed by atoms with E-state index in [0.29, 0.717) is 12.8 Å². The van der Waals surface area contributed by atoms with Crippen LogP contribution in [0.4, 0.5) is 0 Å². The van der Waals surface area contributed by atoms with Crippen LogP contribution in [-0.4, -0.2) is 22.5 Å². The third kappa shape index (κ3) is 3.80. The highest BCUT2D eigenvalue weighted by molar-refractivity contribution is 5.78. The Bertz CT molecular complexity index is 336. The molecule has 0 bridgehead atoms. The van der Waals surface area contributed by atoms with Gasteiger partial charge >= 0.3 is 0 Å². The van der Waals surface area contributed by atoms with Crippen LogP contribution in [0.15, 0.2) is 18.2 Å². The topological polar surface area (TPSA) is 50.2 Å². The number of aliphatic hydroxyl groups is 1. The molecule has 1 aromatic heterocycles. The van der Waals surface area contributed by atoms with Crippen LogP contribution in [-0.2, 0) is 11.2 Å². The number of aliphatic hydroxyl groups excluding tert-OH is 1. The second-order valence-corrected chi connectivity index (χ2v) is 3.79. The van der Waals surface area contributed by atoms with Gasteiger partial charge in [0.25, 0.3) is 0 Å². The van der Waals surface area contributed by atoms with Crippen molar-refractivity contribution < 1.29 is 9.90 Å². The van der Waals surface area contributed by atoms with Crippen LogP contribution in [0, 0.1) is 12.8 Å². The molecule has 0 amide bonds. The summed E-state index contributed by atoms with van der Waals surface area (Å²) in [5, 5.41) is 8.85. The van der Waals surface area contributed by atoms with E-state index in [2.05, 4.69) is 4.98 Å². The van der Waals surface area contributed by atoms with Crippen LogP contribution in [0.1, 0.15) is 24.7 Å². The molecular weight excluding hydrogens is 190 g/mol. The fraction of sp³-hybridized carbons (Fsp3) is 0.500. The molecule has 3 nitrogen and oxygen atoms in total. The van der Waals surface area contributed by atoms with Crippen molar-refractivity contribution in [2.45, 2.75) is 26.7 Å². The molecule has 82 valence electrons.